The van der Waals surface area contributed by atoms with Gasteiger partial charge in [-0.2, -0.15) is 0 Å². The zero-order chi connectivity index (χ0) is 19.1. The summed E-state index contributed by atoms with van der Waals surface area (Å²) in [6.07, 6.45) is 1.96. The molecule has 0 spiro atoms. The number of piperazine rings is 1. The van der Waals surface area contributed by atoms with Gasteiger partial charge < -0.3 is 15.1 Å². The number of hydrogen-bond acceptors (Lipinski definition) is 2. The number of rotatable bonds is 7. The second kappa shape index (κ2) is 9.77. The molecule has 5 heteroatoms. The van der Waals surface area contributed by atoms with E-state index in [0.29, 0.717) is 6.54 Å². The van der Waals surface area contributed by atoms with Crippen LogP contribution in [0.3, 0.4) is 0 Å². The summed E-state index contributed by atoms with van der Waals surface area (Å²) in [6, 6.07) is 18.6. The summed E-state index contributed by atoms with van der Waals surface area (Å²) in [4.78, 5) is 16.1. The van der Waals surface area contributed by atoms with Crippen molar-refractivity contribution in [1.29, 1.82) is 0 Å². The smallest absolute Gasteiger partial charge is 0.275 e. The van der Waals surface area contributed by atoms with Crippen LogP contribution in [0.2, 0.25) is 5.02 Å². The van der Waals surface area contributed by atoms with Gasteiger partial charge in [-0.1, -0.05) is 48.0 Å². The number of benzene rings is 2. The van der Waals surface area contributed by atoms with E-state index in [9.17, 15) is 4.79 Å². The summed E-state index contributed by atoms with van der Waals surface area (Å²) in [6.45, 7) is 6.49. The molecule has 3 rings (SSSR count). The number of aryl methyl sites for hydroxylation is 1. The van der Waals surface area contributed by atoms with Gasteiger partial charge in [0.15, 0.2) is 6.54 Å². The van der Waals surface area contributed by atoms with Crippen LogP contribution >= 0.6 is 11.6 Å². The molecule has 2 N–H and O–H groups in total. The third kappa shape index (κ3) is 6.26. The van der Waals surface area contributed by atoms with Crippen LogP contribution in [0.4, 0.5) is 5.69 Å². The fourth-order valence-corrected chi connectivity index (χ4v) is 3.77. The highest BCUT2D eigenvalue weighted by atomic mass is 35.5. The predicted molar refractivity (Wildman–Crippen MR) is 112 cm³/mol. The Balaban J connectivity index is 1.37. The zero-order valence-corrected chi connectivity index (χ0v) is 16.7. The van der Waals surface area contributed by atoms with Gasteiger partial charge in [-0.25, -0.2) is 0 Å². The molecule has 0 aromatic heterocycles. The molecular formula is C22H29ClN3O+. The van der Waals surface area contributed by atoms with Gasteiger partial charge in [-0.15, -0.1) is 0 Å². The molecule has 1 fully saturated rings. The van der Waals surface area contributed by atoms with Crippen LogP contribution in [0.25, 0.3) is 0 Å². The summed E-state index contributed by atoms with van der Waals surface area (Å²) in [7, 11) is 0. The number of amides is 1. The Kier molecular flexibility index (Phi) is 7.13. The second-order valence-electron chi connectivity index (χ2n) is 7.39. The van der Waals surface area contributed by atoms with Crippen molar-refractivity contribution < 1.29 is 9.69 Å². The molecule has 2 aromatic rings. The molecular weight excluding hydrogens is 358 g/mol. The minimum Gasteiger partial charge on any atom is -0.360 e. The van der Waals surface area contributed by atoms with Gasteiger partial charge in [0.25, 0.3) is 5.91 Å². The summed E-state index contributed by atoms with van der Waals surface area (Å²) < 4.78 is 0. The third-order valence-corrected chi connectivity index (χ3v) is 5.41. The molecule has 27 heavy (non-hydrogen) atoms. The zero-order valence-electron chi connectivity index (χ0n) is 16.0. The summed E-state index contributed by atoms with van der Waals surface area (Å²) in [5, 5.41) is 3.93. The van der Waals surface area contributed by atoms with Crippen LogP contribution in [-0.4, -0.2) is 44.7 Å². The summed E-state index contributed by atoms with van der Waals surface area (Å²) >= 11 is 6.09. The molecule has 0 unspecified atom stereocenters. The SMILES string of the molecule is C[C@@H](CCc1ccccc1)NC(=O)C[NH+]1CCN(c2cccc(Cl)c2)CC1. The average molecular weight is 387 g/mol. The van der Waals surface area contributed by atoms with Crippen LogP contribution in [0.15, 0.2) is 54.6 Å². The van der Waals surface area contributed by atoms with Crippen LogP contribution in [0.1, 0.15) is 18.9 Å². The maximum atomic E-state index is 12.4. The van der Waals surface area contributed by atoms with Gasteiger partial charge in [0, 0.05) is 16.8 Å². The van der Waals surface area contributed by atoms with Crippen molar-refractivity contribution in [2.45, 2.75) is 25.8 Å². The van der Waals surface area contributed by atoms with Crippen molar-refractivity contribution in [3.05, 3.63) is 65.2 Å². The van der Waals surface area contributed by atoms with Gasteiger partial charge in [0.2, 0.25) is 0 Å². The second-order valence-corrected chi connectivity index (χ2v) is 7.82. The molecule has 1 atom stereocenters. The van der Waals surface area contributed by atoms with Crippen LogP contribution < -0.4 is 15.1 Å². The summed E-state index contributed by atoms with van der Waals surface area (Å²) in [5.41, 5.74) is 2.49. The standard InChI is InChI=1S/C22H28ClN3O/c1-18(10-11-19-6-3-2-4-7-19)24-22(27)17-25-12-14-26(15-13-25)21-9-5-8-20(23)16-21/h2-9,16,18H,10-15,17H2,1H3,(H,24,27)/p+1/t18-/m0/s1. The van der Waals surface area contributed by atoms with E-state index in [0.717, 1.165) is 44.0 Å². The van der Waals surface area contributed by atoms with E-state index in [4.69, 9.17) is 11.6 Å². The van der Waals surface area contributed by atoms with E-state index < -0.39 is 0 Å². The molecule has 0 aliphatic carbocycles. The molecule has 0 bridgehead atoms. The first kappa shape index (κ1) is 19.7. The van der Waals surface area contributed by atoms with E-state index in [-0.39, 0.29) is 11.9 Å². The average Bonchev–Trinajstić information content (AvgIpc) is 2.68. The van der Waals surface area contributed by atoms with E-state index in [2.05, 4.69) is 47.5 Å². The van der Waals surface area contributed by atoms with E-state index in [1.165, 1.54) is 16.2 Å². The van der Waals surface area contributed by atoms with Crippen molar-refractivity contribution >= 4 is 23.2 Å². The molecule has 1 aliphatic heterocycles. The maximum absolute atomic E-state index is 12.4. The molecule has 0 radical (unpaired) electrons. The number of quaternary nitrogens is 1. The monoisotopic (exact) mass is 386 g/mol. The quantitative estimate of drug-likeness (QED) is 0.765. The Morgan fingerprint density at radius 1 is 1.15 bits per heavy atom. The van der Waals surface area contributed by atoms with Gasteiger partial charge in [-0.3, -0.25) is 4.79 Å². The van der Waals surface area contributed by atoms with Crippen molar-refractivity contribution in [1.82, 2.24) is 5.32 Å². The molecule has 4 nitrogen and oxygen atoms in total. The van der Waals surface area contributed by atoms with Crippen molar-refractivity contribution in [3.63, 3.8) is 0 Å². The number of carbonyl (C=O) groups is 1. The molecule has 0 saturated carbocycles. The molecule has 2 aromatic carbocycles. The molecule has 1 heterocycles. The third-order valence-electron chi connectivity index (χ3n) is 5.17. The lowest BCUT2D eigenvalue weighted by Crippen LogP contribution is -3.16. The van der Waals surface area contributed by atoms with Gasteiger partial charge >= 0.3 is 0 Å². The van der Waals surface area contributed by atoms with E-state index >= 15 is 0 Å². The lowest BCUT2D eigenvalue weighted by atomic mass is 10.1. The van der Waals surface area contributed by atoms with Crippen LogP contribution in [0, 0.1) is 0 Å². The van der Waals surface area contributed by atoms with Gasteiger partial charge in [-0.05, 0) is 43.5 Å². The number of anilines is 1. The lowest BCUT2D eigenvalue weighted by Gasteiger charge is -2.33. The summed E-state index contributed by atoms with van der Waals surface area (Å²) in [5.74, 6) is 0.154. The van der Waals surface area contributed by atoms with E-state index in [1.807, 2.05) is 24.3 Å². The maximum Gasteiger partial charge on any atom is 0.275 e. The number of nitrogens with zero attached hydrogens (tertiary/aromatic N) is 1. The Bertz CT molecular complexity index is 729. The van der Waals surface area contributed by atoms with Crippen molar-refractivity contribution in [2.24, 2.45) is 0 Å². The fraction of sp³-hybridized carbons (Fsp3) is 0.409. The minimum absolute atomic E-state index is 0.154. The molecule has 1 amide bonds. The fourth-order valence-electron chi connectivity index (χ4n) is 3.58. The van der Waals surface area contributed by atoms with Crippen LogP contribution in [-0.2, 0) is 11.2 Å². The van der Waals surface area contributed by atoms with Crippen molar-refractivity contribution in [3.8, 4) is 0 Å². The Labute approximate surface area is 167 Å². The number of nitrogens with one attached hydrogen (secondary N) is 2. The lowest BCUT2D eigenvalue weighted by molar-refractivity contribution is -0.892. The molecule has 144 valence electrons. The molecule has 1 aliphatic rings. The highest BCUT2D eigenvalue weighted by Gasteiger charge is 2.23. The van der Waals surface area contributed by atoms with E-state index in [1.54, 1.807) is 0 Å². The van der Waals surface area contributed by atoms with Crippen molar-refractivity contribution in [2.75, 3.05) is 37.6 Å². The number of hydrogen-bond donors (Lipinski definition) is 2. The largest absolute Gasteiger partial charge is 0.360 e. The first-order chi connectivity index (χ1) is 13.1. The first-order valence-corrected chi connectivity index (χ1v) is 10.2. The normalized spacial score (nSPS) is 16.1. The Morgan fingerprint density at radius 2 is 1.89 bits per heavy atom. The Morgan fingerprint density at radius 3 is 2.59 bits per heavy atom. The van der Waals surface area contributed by atoms with Gasteiger partial charge in [0.1, 0.15) is 0 Å². The van der Waals surface area contributed by atoms with Crippen LogP contribution in [0.5, 0.6) is 0 Å². The topological polar surface area (TPSA) is 36.8 Å². The number of halogens is 1. The minimum atomic E-state index is 0.154. The Hall–Kier alpha value is -2.04. The highest BCUT2D eigenvalue weighted by Crippen LogP contribution is 2.19. The first-order valence-electron chi connectivity index (χ1n) is 9.77. The number of carbonyl (C=O) groups excluding carboxylic acids is 1. The molecule has 1 saturated heterocycles. The van der Waals surface area contributed by atoms with Gasteiger partial charge in [0.05, 0.1) is 26.2 Å². The highest BCUT2D eigenvalue weighted by molar-refractivity contribution is 6.30. The predicted octanol–water partition coefficient (Wildman–Crippen LogP) is 2.18.